The van der Waals surface area contributed by atoms with Gasteiger partial charge in [-0.2, -0.15) is 0 Å². The van der Waals surface area contributed by atoms with E-state index in [9.17, 15) is 5.11 Å². The van der Waals surface area contributed by atoms with Crippen LogP contribution in [0.25, 0.3) is 0 Å². The summed E-state index contributed by atoms with van der Waals surface area (Å²) in [5.74, 6) is 0. The summed E-state index contributed by atoms with van der Waals surface area (Å²) in [6, 6.07) is 0. The van der Waals surface area contributed by atoms with Gasteiger partial charge in [-0.05, 0) is 19.3 Å². The first-order valence-electron chi connectivity index (χ1n) is 7.40. The Morgan fingerprint density at radius 1 is 0.941 bits per heavy atom. The molecule has 1 aliphatic carbocycles. The lowest BCUT2D eigenvalue weighted by Gasteiger charge is -2.26. The van der Waals surface area contributed by atoms with Gasteiger partial charge in [0, 0.05) is 0 Å². The fourth-order valence-electron chi connectivity index (χ4n) is 2.72. The van der Waals surface area contributed by atoms with Crippen molar-refractivity contribution in [2.45, 2.75) is 83.5 Å². The molecule has 0 fully saturated rings. The second kappa shape index (κ2) is 7.37. The first kappa shape index (κ1) is 15.0. The van der Waals surface area contributed by atoms with Crippen LogP contribution < -0.4 is 0 Å². The third-order valence-corrected chi connectivity index (χ3v) is 6.04. The molecule has 100 valence electrons. The van der Waals surface area contributed by atoms with E-state index in [0.29, 0.717) is 0 Å². The minimum Gasteiger partial charge on any atom is -0.389 e. The Kier molecular flexibility index (Phi) is 6.50. The molecule has 0 heterocycles. The van der Waals surface area contributed by atoms with Crippen molar-refractivity contribution in [1.82, 2.24) is 0 Å². The number of rotatable bonds is 1. The van der Waals surface area contributed by atoms with Gasteiger partial charge in [0.05, 0.1) is 14.2 Å². The van der Waals surface area contributed by atoms with E-state index in [4.69, 9.17) is 0 Å². The van der Waals surface area contributed by atoms with Crippen LogP contribution >= 0.6 is 0 Å². The summed E-state index contributed by atoms with van der Waals surface area (Å²) in [4.78, 5) is 0. The van der Waals surface area contributed by atoms with Gasteiger partial charge in [0.1, 0.15) is 0 Å². The summed E-state index contributed by atoms with van der Waals surface area (Å²) in [7, 11) is -1.33. The van der Waals surface area contributed by atoms with Crippen LogP contribution in [0.4, 0.5) is 0 Å². The van der Waals surface area contributed by atoms with Crippen LogP contribution in [-0.4, -0.2) is 19.3 Å². The van der Waals surface area contributed by atoms with Crippen LogP contribution in [0.15, 0.2) is 11.3 Å². The number of hydrogen-bond acceptors (Lipinski definition) is 1. The number of allylic oxidation sites excluding steroid dienone is 1. The first-order chi connectivity index (χ1) is 8.02. The van der Waals surface area contributed by atoms with E-state index in [1.54, 1.807) is 0 Å². The SMILES string of the molecule is C[Si](C)(C)/C1=C\CCCCCCCCC[C@H]1O. The molecule has 0 aromatic carbocycles. The van der Waals surface area contributed by atoms with Crippen molar-refractivity contribution >= 4 is 8.07 Å². The zero-order chi connectivity index (χ0) is 12.7. The van der Waals surface area contributed by atoms with E-state index in [1.165, 1.54) is 56.6 Å². The lowest BCUT2D eigenvalue weighted by molar-refractivity contribution is 0.201. The Bertz CT molecular complexity index is 240. The molecule has 0 saturated carbocycles. The molecule has 0 aliphatic heterocycles. The van der Waals surface area contributed by atoms with Crippen molar-refractivity contribution in [2.75, 3.05) is 0 Å². The van der Waals surface area contributed by atoms with Gasteiger partial charge >= 0.3 is 0 Å². The average Bonchev–Trinajstić information content (AvgIpc) is 2.21. The molecule has 0 saturated heterocycles. The summed E-state index contributed by atoms with van der Waals surface area (Å²) in [5.41, 5.74) is 0. The van der Waals surface area contributed by atoms with Gasteiger partial charge in [0.15, 0.2) is 0 Å². The maximum Gasteiger partial charge on any atom is 0.0753 e. The molecular formula is C15H30OSi. The number of hydrogen-bond donors (Lipinski definition) is 1. The highest BCUT2D eigenvalue weighted by atomic mass is 28.3. The van der Waals surface area contributed by atoms with Gasteiger partial charge in [-0.1, -0.05) is 69.4 Å². The summed E-state index contributed by atoms with van der Waals surface area (Å²) >= 11 is 0. The minimum absolute atomic E-state index is 0.152. The lowest BCUT2D eigenvalue weighted by Crippen LogP contribution is -2.32. The molecule has 1 nitrogen and oxygen atoms in total. The summed E-state index contributed by atoms with van der Waals surface area (Å²) in [6.07, 6.45) is 13.7. The van der Waals surface area contributed by atoms with Crippen LogP contribution in [0, 0.1) is 0 Å². The Labute approximate surface area is 108 Å². The molecule has 0 amide bonds. The summed E-state index contributed by atoms with van der Waals surface area (Å²) in [5, 5.41) is 11.8. The minimum atomic E-state index is -1.33. The van der Waals surface area contributed by atoms with E-state index < -0.39 is 8.07 Å². The standard InChI is InChI=1S/C15H30OSi/c1-17(2,3)15-13-11-9-7-5-4-6-8-10-12-14(15)16/h13-14,16H,4-12H2,1-3H3/b15-13-/t14-/m1/s1. The molecule has 0 radical (unpaired) electrons. The normalized spacial score (nSPS) is 28.7. The second-order valence-electron chi connectivity index (χ2n) is 6.48. The van der Waals surface area contributed by atoms with Gasteiger partial charge in [0.25, 0.3) is 0 Å². The van der Waals surface area contributed by atoms with Crippen LogP contribution in [0.2, 0.25) is 19.6 Å². The zero-order valence-corrected chi connectivity index (χ0v) is 13.0. The summed E-state index contributed by atoms with van der Waals surface area (Å²) < 4.78 is 0. The monoisotopic (exact) mass is 254 g/mol. The fraction of sp³-hybridized carbons (Fsp3) is 0.867. The van der Waals surface area contributed by atoms with Crippen LogP contribution in [0.1, 0.15) is 57.8 Å². The van der Waals surface area contributed by atoms with Crippen molar-refractivity contribution in [2.24, 2.45) is 0 Å². The van der Waals surface area contributed by atoms with Gasteiger partial charge in [-0.25, -0.2) is 0 Å². The molecule has 17 heavy (non-hydrogen) atoms. The molecule has 0 unspecified atom stereocenters. The van der Waals surface area contributed by atoms with Gasteiger partial charge in [-0.3, -0.25) is 0 Å². The molecule has 1 N–H and O–H groups in total. The van der Waals surface area contributed by atoms with E-state index >= 15 is 0 Å². The van der Waals surface area contributed by atoms with Crippen molar-refractivity contribution in [3.05, 3.63) is 11.3 Å². The molecule has 0 bridgehead atoms. The summed E-state index contributed by atoms with van der Waals surface area (Å²) in [6.45, 7) is 7.07. The zero-order valence-electron chi connectivity index (χ0n) is 12.0. The van der Waals surface area contributed by atoms with Crippen LogP contribution in [0.5, 0.6) is 0 Å². The van der Waals surface area contributed by atoms with Crippen LogP contribution in [-0.2, 0) is 0 Å². The third-order valence-electron chi connectivity index (χ3n) is 3.77. The van der Waals surface area contributed by atoms with E-state index in [2.05, 4.69) is 25.7 Å². The predicted octanol–water partition coefficient (Wildman–Crippen LogP) is 4.68. The molecule has 1 rings (SSSR count). The highest BCUT2D eigenvalue weighted by Crippen LogP contribution is 2.24. The average molecular weight is 254 g/mol. The highest BCUT2D eigenvalue weighted by molar-refractivity contribution is 6.83. The van der Waals surface area contributed by atoms with Gasteiger partial charge in [-0.15, -0.1) is 0 Å². The quantitative estimate of drug-likeness (QED) is 0.674. The molecule has 1 atom stereocenters. The highest BCUT2D eigenvalue weighted by Gasteiger charge is 2.25. The maximum atomic E-state index is 10.4. The van der Waals surface area contributed by atoms with Crippen LogP contribution in [0.3, 0.4) is 0 Å². The molecule has 0 spiro atoms. The Hall–Kier alpha value is -0.0831. The molecule has 1 aliphatic rings. The van der Waals surface area contributed by atoms with Crippen molar-refractivity contribution < 1.29 is 5.11 Å². The smallest absolute Gasteiger partial charge is 0.0753 e. The second-order valence-corrected chi connectivity index (χ2v) is 11.6. The van der Waals surface area contributed by atoms with Crippen molar-refractivity contribution in [1.29, 1.82) is 0 Å². The Balaban J connectivity index is 2.65. The maximum absolute atomic E-state index is 10.4. The lowest BCUT2D eigenvalue weighted by atomic mass is 10.0. The molecule has 2 heteroatoms. The fourth-order valence-corrected chi connectivity index (χ4v) is 4.62. The largest absolute Gasteiger partial charge is 0.389 e. The number of aliphatic hydroxyl groups is 1. The number of aliphatic hydroxyl groups excluding tert-OH is 1. The van der Waals surface area contributed by atoms with Gasteiger partial charge < -0.3 is 5.11 Å². The molecular weight excluding hydrogens is 224 g/mol. The first-order valence-corrected chi connectivity index (χ1v) is 10.9. The van der Waals surface area contributed by atoms with Crippen molar-refractivity contribution in [3.63, 3.8) is 0 Å². The Morgan fingerprint density at radius 2 is 1.47 bits per heavy atom. The topological polar surface area (TPSA) is 20.2 Å². The van der Waals surface area contributed by atoms with E-state index in [0.717, 1.165) is 6.42 Å². The van der Waals surface area contributed by atoms with E-state index in [1.807, 2.05) is 0 Å². The van der Waals surface area contributed by atoms with Gasteiger partial charge in [0.2, 0.25) is 0 Å². The Morgan fingerprint density at radius 3 is 2.06 bits per heavy atom. The molecule has 0 aromatic rings. The van der Waals surface area contributed by atoms with Crippen molar-refractivity contribution in [3.8, 4) is 0 Å². The third kappa shape index (κ3) is 5.87. The predicted molar refractivity (Wildman–Crippen MR) is 79.0 cm³/mol. The molecule has 0 aromatic heterocycles. The van der Waals surface area contributed by atoms with E-state index in [-0.39, 0.29) is 6.10 Å².